The third kappa shape index (κ3) is 5.01. The maximum Gasteiger partial charge on any atom is 0.229 e. The maximum absolute atomic E-state index is 15.9. The minimum absolute atomic E-state index is 0.255. The molecule has 0 spiro atoms. The summed E-state index contributed by atoms with van der Waals surface area (Å²) in [5, 5.41) is -0.627. The molecule has 2 atom stereocenters. The third-order valence-electron chi connectivity index (χ3n) is 5.38. The van der Waals surface area contributed by atoms with Crippen LogP contribution in [-0.2, 0) is 25.7 Å². The Hall–Kier alpha value is -1.97. The molecule has 0 heterocycles. The lowest BCUT2D eigenvalue weighted by Crippen LogP contribution is -2.46. The SMILES string of the molecule is CC(C)S(=O)(=O)N[C@H]1CCC[C@@]1(F)c1ccc(-c2cccc(NS(C)(=O)=O)c2)cc1. The molecule has 0 aromatic heterocycles. The van der Waals surface area contributed by atoms with E-state index in [1.165, 1.54) is 0 Å². The molecule has 1 aliphatic carbocycles. The fourth-order valence-electron chi connectivity index (χ4n) is 3.71. The van der Waals surface area contributed by atoms with Gasteiger partial charge >= 0.3 is 0 Å². The molecule has 0 unspecified atom stereocenters. The van der Waals surface area contributed by atoms with E-state index in [2.05, 4.69) is 9.44 Å². The number of nitrogens with one attached hydrogen (secondary N) is 2. The van der Waals surface area contributed by atoms with Crippen LogP contribution in [0.5, 0.6) is 0 Å². The monoisotopic (exact) mass is 454 g/mol. The van der Waals surface area contributed by atoms with Crippen LogP contribution in [0.3, 0.4) is 0 Å². The topological polar surface area (TPSA) is 92.3 Å². The van der Waals surface area contributed by atoms with Gasteiger partial charge in [-0.05, 0) is 61.9 Å². The van der Waals surface area contributed by atoms with Crippen molar-refractivity contribution >= 4 is 25.7 Å². The molecule has 9 heteroatoms. The Bertz CT molecular complexity index is 1120. The van der Waals surface area contributed by atoms with Gasteiger partial charge in [0.25, 0.3) is 0 Å². The van der Waals surface area contributed by atoms with Crippen molar-refractivity contribution in [1.82, 2.24) is 4.72 Å². The van der Waals surface area contributed by atoms with Crippen LogP contribution < -0.4 is 9.44 Å². The van der Waals surface area contributed by atoms with Gasteiger partial charge in [-0.15, -0.1) is 0 Å². The molecule has 2 aromatic rings. The highest BCUT2D eigenvalue weighted by molar-refractivity contribution is 7.92. The summed E-state index contributed by atoms with van der Waals surface area (Å²) >= 11 is 0. The van der Waals surface area contributed by atoms with E-state index in [-0.39, 0.29) is 6.42 Å². The Morgan fingerprint density at radius 3 is 2.30 bits per heavy atom. The number of hydrogen-bond acceptors (Lipinski definition) is 4. The van der Waals surface area contributed by atoms with E-state index < -0.39 is 37.0 Å². The third-order valence-corrected chi connectivity index (χ3v) is 7.84. The van der Waals surface area contributed by atoms with E-state index in [1.54, 1.807) is 56.3 Å². The molecule has 6 nitrogen and oxygen atoms in total. The summed E-state index contributed by atoms with van der Waals surface area (Å²) in [4.78, 5) is 0. The number of sulfonamides is 2. The van der Waals surface area contributed by atoms with Crippen molar-refractivity contribution in [2.24, 2.45) is 0 Å². The van der Waals surface area contributed by atoms with Gasteiger partial charge < -0.3 is 0 Å². The fraction of sp³-hybridized carbons (Fsp3) is 0.429. The second kappa shape index (κ2) is 8.28. The molecule has 0 radical (unpaired) electrons. The van der Waals surface area contributed by atoms with Crippen LogP contribution in [0.25, 0.3) is 11.1 Å². The first-order valence-corrected chi connectivity index (χ1v) is 13.2. The molecule has 2 N–H and O–H groups in total. The zero-order valence-electron chi connectivity index (χ0n) is 17.2. The van der Waals surface area contributed by atoms with Crippen LogP contribution in [-0.4, -0.2) is 34.4 Å². The first-order valence-electron chi connectivity index (χ1n) is 9.79. The molecule has 3 rings (SSSR count). The van der Waals surface area contributed by atoms with E-state index in [0.29, 0.717) is 24.1 Å². The van der Waals surface area contributed by atoms with Crippen molar-refractivity contribution in [2.45, 2.75) is 50.1 Å². The molecule has 0 saturated heterocycles. The normalized spacial score (nSPS) is 22.4. The molecule has 1 fully saturated rings. The van der Waals surface area contributed by atoms with Crippen molar-refractivity contribution in [3.63, 3.8) is 0 Å². The van der Waals surface area contributed by atoms with Crippen LogP contribution in [0, 0.1) is 0 Å². The summed E-state index contributed by atoms with van der Waals surface area (Å²) in [5.74, 6) is 0. The number of anilines is 1. The van der Waals surface area contributed by atoms with E-state index in [0.717, 1.165) is 17.4 Å². The molecule has 0 aliphatic heterocycles. The van der Waals surface area contributed by atoms with Crippen molar-refractivity contribution in [3.8, 4) is 11.1 Å². The summed E-state index contributed by atoms with van der Waals surface area (Å²) in [6.45, 7) is 3.14. The smallest absolute Gasteiger partial charge is 0.229 e. The summed E-state index contributed by atoms with van der Waals surface area (Å²) in [6, 6.07) is 13.0. The van der Waals surface area contributed by atoms with Gasteiger partial charge in [-0.2, -0.15) is 0 Å². The molecule has 1 saturated carbocycles. The minimum Gasteiger partial charge on any atom is -0.284 e. The van der Waals surface area contributed by atoms with Crippen LogP contribution >= 0.6 is 0 Å². The molecule has 0 amide bonds. The second-order valence-corrected chi connectivity index (χ2v) is 12.1. The highest BCUT2D eigenvalue weighted by Crippen LogP contribution is 2.43. The number of halogens is 1. The van der Waals surface area contributed by atoms with Crippen LogP contribution in [0.2, 0.25) is 0 Å². The Labute approximate surface area is 178 Å². The van der Waals surface area contributed by atoms with Crippen molar-refractivity contribution in [3.05, 3.63) is 54.1 Å². The molecule has 2 aromatic carbocycles. The summed E-state index contributed by atoms with van der Waals surface area (Å²) in [5.41, 5.74) is 0.703. The van der Waals surface area contributed by atoms with Crippen molar-refractivity contribution in [1.29, 1.82) is 0 Å². The predicted octanol–water partition coefficient (Wildman–Crippen LogP) is 3.77. The van der Waals surface area contributed by atoms with Crippen LogP contribution in [0.1, 0.15) is 38.7 Å². The van der Waals surface area contributed by atoms with Gasteiger partial charge in [-0.25, -0.2) is 25.9 Å². The molecular weight excluding hydrogens is 427 g/mol. The first kappa shape index (κ1) is 22.7. The molecule has 0 bridgehead atoms. The zero-order valence-corrected chi connectivity index (χ0v) is 18.9. The predicted molar refractivity (Wildman–Crippen MR) is 118 cm³/mol. The zero-order chi connectivity index (χ0) is 22.2. The summed E-state index contributed by atoms with van der Waals surface area (Å²) in [7, 11) is -6.96. The van der Waals surface area contributed by atoms with Gasteiger partial charge in [0.2, 0.25) is 20.0 Å². The number of hydrogen-bond donors (Lipinski definition) is 2. The van der Waals surface area contributed by atoms with E-state index >= 15 is 4.39 Å². The number of benzene rings is 2. The summed E-state index contributed by atoms with van der Waals surface area (Å²) < 4.78 is 68.3. The van der Waals surface area contributed by atoms with Crippen molar-refractivity contribution < 1.29 is 21.2 Å². The van der Waals surface area contributed by atoms with Gasteiger partial charge in [0.15, 0.2) is 5.67 Å². The summed E-state index contributed by atoms with van der Waals surface area (Å²) in [6.07, 6.45) is 2.39. The molecule has 1 aliphatic rings. The largest absolute Gasteiger partial charge is 0.284 e. The fourth-order valence-corrected chi connectivity index (χ4v) is 5.24. The van der Waals surface area contributed by atoms with E-state index in [9.17, 15) is 16.8 Å². The minimum atomic E-state index is -3.58. The highest BCUT2D eigenvalue weighted by atomic mass is 32.2. The van der Waals surface area contributed by atoms with Crippen LogP contribution in [0.15, 0.2) is 48.5 Å². The maximum atomic E-state index is 15.9. The number of rotatable bonds is 7. The van der Waals surface area contributed by atoms with Gasteiger partial charge in [0, 0.05) is 5.69 Å². The van der Waals surface area contributed by atoms with E-state index in [4.69, 9.17) is 0 Å². The Kier molecular flexibility index (Phi) is 6.27. The van der Waals surface area contributed by atoms with Crippen LogP contribution in [0.4, 0.5) is 10.1 Å². The highest BCUT2D eigenvalue weighted by Gasteiger charge is 2.46. The average molecular weight is 455 g/mol. The Balaban J connectivity index is 1.85. The standard InChI is InChI=1S/C21H27FN2O4S2/c1-15(2)30(27,28)24-20-8-5-13-21(20,22)18-11-9-16(10-12-18)17-6-4-7-19(14-17)23-29(3,25)26/h4,6-7,9-12,14-15,20,23-24H,5,8,13H2,1-3H3/t20-,21+/m0/s1. The quantitative estimate of drug-likeness (QED) is 0.666. The van der Waals surface area contributed by atoms with Crippen molar-refractivity contribution in [2.75, 3.05) is 11.0 Å². The number of alkyl halides is 1. The lowest BCUT2D eigenvalue weighted by molar-refractivity contribution is 0.142. The first-order chi connectivity index (χ1) is 13.9. The lowest BCUT2D eigenvalue weighted by atomic mass is 9.89. The molecular formula is C21H27FN2O4S2. The lowest BCUT2D eigenvalue weighted by Gasteiger charge is -2.29. The molecule has 164 valence electrons. The average Bonchev–Trinajstić information content (AvgIpc) is 3.01. The van der Waals surface area contributed by atoms with Gasteiger partial charge in [-0.1, -0.05) is 36.4 Å². The van der Waals surface area contributed by atoms with Gasteiger partial charge in [0.05, 0.1) is 17.5 Å². The van der Waals surface area contributed by atoms with Gasteiger partial charge in [0.1, 0.15) is 0 Å². The van der Waals surface area contributed by atoms with Gasteiger partial charge in [-0.3, -0.25) is 4.72 Å². The Morgan fingerprint density at radius 1 is 1.03 bits per heavy atom. The molecule has 30 heavy (non-hydrogen) atoms. The Morgan fingerprint density at radius 2 is 1.70 bits per heavy atom. The second-order valence-electron chi connectivity index (χ2n) is 8.05. The van der Waals surface area contributed by atoms with E-state index in [1.807, 2.05) is 6.07 Å².